The Labute approximate surface area is 43.9 Å². The van der Waals surface area contributed by atoms with E-state index in [1.807, 2.05) is 0 Å². The van der Waals surface area contributed by atoms with Gasteiger partial charge in [-0.3, -0.25) is 4.79 Å². The van der Waals surface area contributed by atoms with Gasteiger partial charge < -0.3 is 5.11 Å². The minimum atomic E-state index is -2.03. The molecule has 0 aromatic carbocycles. The number of rotatable bonds is 1. The maximum Gasteiger partial charge on any atom is 0.351 e. The summed E-state index contributed by atoms with van der Waals surface area (Å²) in [5, 5.41) is 20.4. The molecule has 1 heterocycles. The quantitative estimate of drug-likeness (QED) is 0.473. The summed E-state index contributed by atoms with van der Waals surface area (Å²) in [5.74, 6) is -2.03. The average molecular weight is 114 g/mol. The Kier molecular flexibility index (Phi) is 0.876. The molecule has 0 aromatic heterocycles. The summed E-state index contributed by atoms with van der Waals surface area (Å²) in [6.45, 7) is 0. The van der Waals surface area contributed by atoms with Crippen LogP contribution in [0.25, 0.3) is 0 Å². The van der Waals surface area contributed by atoms with Gasteiger partial charge >= 0.3 is 5.85 Å². The summed E-state index contributed by atoms with van der Waals surface area (Å²) in [6.07, 6.45) is 0.146. The second kappa shape index (κ2) is 1.41. The molecule has 0 saturated carbocycles. The SMILES string of the molecule is O=CC1(O)N=NN=N1. The average Bonchev–Trinajstić information content (AvgIpc) is 2.17. The third kappa shape index (κ3) is 0.604. The summed E-state index contributed by atoms with van der Waals surface area (Å²) in [5.41, 5.74) is 0. The van der Waals surface area contributed by atoms with Crippen LogP contribution in [0.5, 0.6) is 0 Å². The largest absolute Gasteiger partial charge is 0.351 e. The first-order valence-electron chi connectivity index (χ1n) is 1.80. The highest BCUT2D eigenvalue weighted by atomic mass is 16.3. The van der Waals surface area contributed by atoms with Crippen molar-refractivity contribution in [2.24, 2.45) is 20.7 Å². The smallest absolute Gasteiger partial charge is 0.343 e. The third-order valence-electron chi connectivity index (χ3n) is 0.582. The zero-order chi connectivity index (χ0) is 6.04. The first-order chi connectivity index (χ1) is 3.77. The maximum atomic E-state index is 9.77. The molecule has 42 valence electrons. The minimum Gasteiger partial charge on any atom is -0.343 e. The predicted octanol–water partition coefficient (Wildman–Crippen LogP) is -0.336. The Bertz CT molecular complexity index is 149. The fraction of sp³-hybridized carbons (Fsp3) is 0.500. The molecule has 0 amide bonds. The number of aldehydes is 1. The number of carbonyl (C=O) groups excluding carboxylic acids is 1. The molecule has 0 aromatic rings. The van der Waals surface area contributed by atoms with Crippen LogP contribution in [0.1, 0.15) is 0 Å². The Morgan fingerprint density at radius 2 is 1.88 bits per heavy atom. The van der Waals surface area contributed by atoms with Crippen molar-refractivity contribution in [3.05, 3.63) is 0 Å². The molecule has 0 unspecified atom stereocenters. The number of hydrogen-bond acceptors (Lipinski definition) is 6. The second-order valence-corrected chi connectivity index (χ2v) is 1.18. The van der Waals surface area contributed by atoms with Crippen LogP contribution in [0.2, 0.25) is 0 Å². The second-order valence-electron chi connectivity index (χ2n) is 1.18. The molecular weight excluding hydrogens is 112 g/mol. The van der Waals surface area contributed by atoms with Crippen molar-refractivity contribution in [2.45, 2.75) is 5.85 Å². The van der Waals surface area contributed by atoms with E-state index in [0.29, 0.717) is 0 Å². The van der Waals surface area contributed by atoms with Gasteiger partial charge in [-0.1, -0.05) is 10.2 Å². The van der Waals surface area contributed by atoms with E-state index in [4.69, 9.17) is 5.11 Å². The van der Waals surface area contributed by atoms with Crippen LogP contribution in [0.4, 0.5) is 0 Å². The van der Waals surface area contributed by atoms with Gasteiger partial charge in [0.05, 0.1) is 0 Å². The lowest BCUT2D eigenvalue weighted by atomic mass is 10.5. The normalized spacial score (nSPS) is 21.6. The van der Waals surface area contributed by atoms with Gasteiger partial charge in [0.2, 0.25) is 6.29 Å². The van der Waals surface area contributed by atoms with Crippen molar-refractivity contribution >= 4 is 6.29 Å². The van der Waals surface area contributed by atoms with Gasteiger partial charge in [0.1, 0.15) is 0 Å². The molecule has 0 saturated heterocycles. The number of carbonyl (C=O) groups is 1. The van der Waals surface area contributed by atoms with E-state index in [1.165, 1.54) is 0 Å². The van der Waals surface area contributed by atoms with E-state index < -0.39 is 5.85 Å². The van der Waals surface area contributed by atoms with Crippen molar-refractivity contribution in [1.29, 1.82) is 0 Å². The maximum absolute atomic E-state index is 9.77. The van der Waals surface area contributed by atoms with Crippen LogP contribution >= 0.6 is 0 Å². The molecule has 0 bridgehead atoms. The monoisotopic (exact) mass is 114 g/mol. The molecule has 0 aliphatic carbocycles. The van der Waals surface area contributed by atoms with Crippen LogP contribution in [0, 0.1) is 0 Å². The molecule has 1 rings (SSSR count). The van der Waals surface area contributed by atoms with E-state index in [-0.39, 0.29) is 6.29 Å². The Morgan fingerprint density at radius 1 is 1.38 bits per heavy atom. The fourth-order valence-corrected chi connectivity index (χ4v) is 0.239. The van der Waals surface area contributed by atoms with Crippen molar-refractivity contribution in [3.8, 4) is 0 Å². The molecule has 1 aliphatic heterocycles. The molecule has 0 spiro atoms. The first-order valence-corrected chi connectivity index (χ1v) is 1.80. The van der Waals surface area contributed by atoms with Crippen LogP contribution in [0.3, 0.4) is 0 Å². The molecule has 0 fully saturated rings. The standard InChI is InChI=1S/C2H2N4O2/c7-1-2(8)3-5-6-4-2/h1,8H. The van der Waals surface area contributed by atoms with Crippen LogP contribution in [0.15, 0.2) is 20.7 Å². The Balaban J connectivity index is 2.83. The lowest BCUT2D eigenvalue weighted by molar-refractivity contribution is -0.122. The summed E-state index contributed by atoms with van der Waals surface area (Å²) in [4.78, 5) is 9.77. The van der Waals surface area contributed by atoms with E-state index in [0.717, 1.165) is 0 Å². The van der Waals surface area contributed by atoms with Crippen molar-refractivity contribution < 1.29 is 9.90 Å². The van der Waals surface area contributed by atoms with Gasteiger partial charge in [0.15, 0.2) is 0 Å². The molecule has 1 N–H and O–H groups in total. The third-order valence-corrected chi connectivity index (χ3v) is 0.582. The number of aliphatic hydroxyl groups is 1. The van der Waals surface area contributed by atoms with Crippen LogP contribution in [-0.4, -0.2) is 17.2 Å². The first kappa shape index (κ1) is 4.98. The van der Waals surface area contributed by atoms with Gasteiger partial charge in [-0.2, -0.15) is 0 Å². The van der Waals surface area contributed by atoms with E-state index in [9.17, 15) is 4.79 Å². The zero-order valence-electron chi connectivity index (χ0n) is 3.72. The summed E-state index contributed by atoms with van der Waals surface area (Å²) in [6, 6.07) is 0. The summed E-state index contributed by atoms with van der Waals surface area (Å²) in [7, 11) is 0. The van der Waals surface area contributed by atoms with Gasteiger partial charge in [-0.15, -0.1) is 0 Å². The summed E-state index contributed by atoms with van der Waals surface area (Å²) < 4.78 is 0. The Morgan fingerprint density at radius 3 is 2.12 bits per heavy atom. The van der Waals surface area contributed by atoms with E-state index in [1.54, 1.807) is 0 Å². The van der Waals surface area contributed by atoms with Crippen molar-refractivity contribution in [3.63, 3.8) is 0 Å². The highest BCUT2D eigenvalue weighted by molar-refractivity contribution is 5.60. The lowest BCUT2D eigenvalue weighted by Crippen LogP contribution is -2.21. The predicted molar refractivity (Wildman–Crippen MR) is 20.7 cm³/mol. The highest BCUT2D eigenvalue weighted by Gasteiger charge is 2.28. The Hall–Kier alpha value is -1.17. The minimum absolute atomic E-state index is 0.146. The van der Waals surface area contributed by atoms with Gasteiger partial charge in [-0.05, 0) is 10.4 Å². The number of hydrogen-bond donors (Lipinski definition) is 1. The zero-order valence-corrected chi connectivity index (χ0v) is 3.72. The molecule has 1 aliphatic rings. The molecule has 0 atom stereocenters. The van der Waals surface area contributed by atoms with Gasteiger partial charge in [0.25, 0.3) is 0 Å². The van der Waals surface area contributed by atoms with Gasteiger partial charge in [0, 0.05) is 0 Å². The lowest BCUT2D eigenvalue weighted by Gasteiger charge is -1.97. The van der Waals surface area contributed by atoms with Crippen molar-refractivity contribution in [2.75, 3.05) is 0 Å². The topological polar surface area (TPSA) is 86.7 Å². The summed E-state index contributed by atoms with van der Waals surface area (Å²) >= 11 is 0. The van der Waals surface area contributed by atoms with Crippen LogP contribution < -0.4 is 0 Å². The van der Waals surface area contributed by atoms with Gasteiger partial charge in [-0.25, -0.2) is 0 Å². The number of nitrogens with zero attached hydrogens (tertiary/aromatic N) is 4. The van der Waals surface area contributed by atoms with Crippen LogP contribution in [-0.2, 0) is 4.79 Å². The molecule has 8 heavy (non-hydrogen) atoms. The molecular formula is C2H2N4O2. The fourth-order valence-electron chi connectivity index (χ4n) is 0.239. The molecule has 6 nitrogen and oxygen atoms in total. The van der Waals surface area contributed by atoms with E-state index >= 15 is 0 Å². The van der Waals surface area contributed by atoms with Crippen molar-refractivity contribution in [1.82, 2.24) is 0 Å². The van der Waals surface area contributed by atoms with E-state index in [2.05, 4.69) is 20.7 Å². The highest BCUT2D eigenvalue weighted by Crippen LogP contribution is 2.12. The molecule has 0 radical (unpaired) electrons. The molecule has 6 heteroatoms.